The quantitative estimate of drug-likeness (QED) is 0.0429. The van der Waals surface area contributed by atoms with E-state index in [1.165, 1.54) is 0 Å². The zero-order chi connectivity index (χ0) is 44.4. The van der Waals surface area contributed by atoms with Gasteiger partial charge in [-0.2, -0.15) is 0 Å². The van der Waals surface area contributed by atoms with Crippen molar-refractivity contribution in [2.45, 2.75) is 90.8 Å². The Bertz CT molecular complexity index is 1940. The van der Waals surface area contributed by atoms with Crippen LogP contribution in [0.1, 0.15) is 74.3 Å². The summed E-state index contributed by atoms with van der Waals surface area (Å²) in [4.78, 5) is 65.3. The van der Waals surface area contributed by atoms with Gasteiger partial charge in [0.2, 0.25) is 5.91 Å². The van der Waals surface area contributed by atoms with Gasteiger partial charge in [0.15, 0.2) is 0 Å². The van der Waals surface area contributed by atoms with Crippen molar-refractivity contribution >= 4 is 30.3 Å². The molecule has 0 aliphatic heterocycles. The normalized spacial score (nSPS) is 11.3. The lowest BCUT2D eigenvalue weighted by Gasteiger charge is -2.24. The lowest BCUT2D eigenvalue weighted by Crippen LogP contribution is -2.49. The molecule has 0 aromatic heterocycles. The summed E-state index contributed by atoms with van der Waals surface area (Å²) in [6.45, 7) is 7.50. The standard InChI is InChI=1S/C48H61N5O9/c1-48(2,3)62-46(57)52-42(33-38-26-24-37(25-27-38)23-15-29-50-44(55)59-34-39-17-7-4-8-18-39)43(54)49-28-13-14-31-53(47(58)61-36-41-21-11-6-12-22-41)32-16-30-51-45(56)60-35-40-19-9-5-10-20-40/h4-12,17-22,24-27,42H,13-16,23,28-36H2,1-3H3,(H,49,54)(H,50,55)(H,51,56)(H,52,57). The molecule has 0 radical (unpaired) electrons. The third kappa shape index (κ3) is 20.1. The van der Waals surface area contributed by atoms with E-state index in [1.807, 2.05) is 115 Å². The second-order valence-corrected chi connectivity index (χ2v) is 15.7. The van der Waals surface area contributed by atoms with Gasteiger partial charge in [-0.25, -0.2) is 19.2 Å². The summed E-state index contributed by atoms with van der Waals surface area (Å²) in [6.07, 6.45) is 1.06. The molecule has 0 heterocycles. The summed E-state index contributed by atoms with van der Waals surface area (Å²) >= 11 is 0. The fraction of sp³-hybridized carbons (Fsp3) is 0.396. The monoisotopic (exact) mass is 851 g/mol. The first-order chi connectivity index (χ1) is 29.9. The van der Waals surface area contributed by atoms with E-state index in [9.17, 15) is 24.0 Å². The number of hydrogen-bond donors (Lipinski definition) is 4. The Morgan fingerprint density at radius 1 is 0.516 bits per heavy atom. The first kappa shape index (κ1) is 48.1. The first-order valence-corrected chi connectivity index (χ1v) is 21.1. The van der Waals surface area contributed by atoms with Gasteiger partial charge in [0.1, 0.15) is 31.5 Å². The van der Waals surface area contributed by atoms with Crippen molar-refractivity contribution in [1.82, 2.24) is 26.2 Å². The number of nitrogens with zero attached hydrogens (tertiary/aromatic N) is 1. The fourth-order valence-corrected chi connectivity index (χ4v) is 6.10. The number of amides is 5. The zero-order valence-corrected chi connectivity index (χ0v) is 36.1. The van der Waals surface area contributed by atoms with E-state index in [2.05, 4.69) is 21.3 Å². The molecule has 0 bridgehead atoms. The van der Waals surface area contributed by atoms with Gasteiger partial charge >= 0.3 is 24.4 Å². The van der Waals surface area contributed by atoms with Gasteiger partial charge in [0.05, 0.1) is 0 Å². The Hall–Kier alpha value is -6.57. The second kappa shape index (κ2) is 26.6. The molecule has 0 fully saturated rings. The molecule has 4 aromatic carbocycles. The number of ether oxygens (including phenoxy) is 4. The van der Waals surface area contributed by atoms with Gasteiger partial charge in [-0.1, -0.05) is 115 Å². The molecule has 1 unspecified atom stereocenters. The maximum Gasteiger partial charge on any atom is 0.410 e. The summed E-state index contributed by atoms with van der Waals surface area (Å²) in [7, 11) is 0. The average molecular weight is 852 g/mol. The van der Waals surface area contributed by atoms with Crippen molar-refractivity contribution in [1.29, 1.82) is 0 Å². The molecular formula is C48H61N5O9. The molecular weight excluding hydrogens is 791 g/mol. The molecule has 0 saturated carbocycles. The molecule has 0 saturated heterocycles. The number of rotatable bonds is 23. The molecule has 0 aliphatic rings. The summed E-state index contributed by atoms with van der Waals surface area (Å²) in [5.74, 6) is -0.366. The van der Waals surface area contributed by atoms with Crippen LogP contribution in [0.5, 0.6) is 0 Å². The number of benzene rings is 4. The molecule has 1 atom stereocenters. The van der Waals surface area contributed by atoms with E-state index >= 15 is 0 Å². The molecule has 14 heteroatoms. The highest BCUT2D eigenvalue weighted by molar-refractivity contribution is 5.86. The highest BCUT2D eigenvalue weighted by Gasteiger charge is 2.25. The van der Waals surface area contributed by atoms with Crippen molar-refractivity contribution < 1.29 is 42.9 Å². The van der Waals surface area contributed by atoms with Crippen molar-refractivity contribution in [3.05, 3.63) is 143 Å². The van der Waals surface area contributed by atoms with Gasteiger partial charge in [-0.15, -0.1) is 0 Å². The van der Waals surface area contributed by atoms with Crippen LogP contribution in [0, 0.1) is 0 Å². The van der Waals surface area contributed by atoms with Crippen molar-refractivity contribution in [3.8, 4) is 0 Å². The van der Waals surface area contributed by atoms with Crippen LogP contribution in [0.4, 0.5) is 19.2 Å². The summed E-state index contributed by atoms with van der Waals surface area (Å²) in [5.41, 5.74) is 3.81. The second-order valence-electron chi connectivity index (χ2n) is 15.7. The summed E-state index contributed by atoms with van der Waals surface area (Å²) in [6, 6.07) is 35.1. The molecule has 0 aliphatic carbocycles. The molecule has 4 N–H and O–H groups in total. The maximum atomic E-state index is 13.5. The third-order valence-corrected chi connectivity index (χ3v) is 9.30. The lowest BCUT2D eigenvalue weighted by molar-refractivity contribution is -0.123. The molecule has 62 heavy (non-hydrogen) atoms. The van der Waals surface area contributed by atoms with Crippen molar-refractivity contribution in [2.75, 3.05) is 32.7 Å². The number of carbonyl (C=O) groups excluding carboxylic acids is 5. The van der Waals surface area contributed by atoms with Gasteiger partial charge in [0, 0.05) is 39.1 Å². The van der Waals surface area contributed by atoms with Gasteiger partial charge < -0.3 is 45.1 Å². The van der Waals surface area contributed by atoms with Crippen LogP contribution in [0.2, 0.25) is 0 Å². The molecule has 4 rings (SSSR count). The van der Waals surface area contributed by atoms with Crippen LogP contribution in [-0.4, -0.2) is 79.5 Å². The van der Waals surface area contributed by atoms with Crippen LogP contribution < -0.4 is 21.3 Å². The highest BCUT2D eigenvalue weighted by atomic mass is 16.6. The Morgan fingerprint density at radius 3 is 1.52 bits per heavy atom. The number of aryl methyl sites for hydroxylation is 1. The van der Waals surface area contributed by atoms with Gasteiger partial charge in [-0.05, 0) is 80.7 Å². The SMILES string of the molecule is CC(C)(C)OC(=O)NC(Cc1ccc(CCCNC(=O)OCc2ccccc2)cc1)C(=O)NCCCCN(CCCNC(=O)OCc1ccccc1)C(=O)OCc1ccccc1. The van der Waals surface area contributed by atoms with Crippen LogP contribution >= 0.6 is 0 Å². The zero-order valence-electron chi connectivity index (χ0n) is 36.1. The minimum Gasteiger partial charge on any atom is -0.445 e. The van der Waals surface area contributed by atoms with Crippen molar-refractivity contribution in [2.24, 2.45) is 0 Å². The predicted molar refractivity (Wildman–Crippen MR) is 236 cm³/mol. The van der Waals surface area contributed by atoms with Gasteiger partial charge in [0.25, 0.3) is 0 Å². The Morgan fingerprint density at radius 2 is 0.984 bits per heavy atom. The van der Waals surface area contributed by atoms with E-state index in [4.69, 9.17) is 18.9 Å². The number of unbranched alkanes of at least 4 members (excludes halogenated alkanes) is 1. The number of alkyl carbamates (subject to hydrolysis) is 3. The summed E-state index contributed by atoms with van der Waals surface area (Å²) < 4.78 is 21.6. The van der Waals surface area contributed by atoms with E-state index in [0.29, 0.717) is 58.4 Å². The van der Waals surface area contributed by atoms with Gasteiger partial charge in [-0.3, -0.25) is 4.79 Å². The van der Waals surface area contributed by atoms with Crippen LogP contribution in [0.25, 0.3) is 0 Å². The average Bonchev–Trinajstić information content (AvgIpc) is 3.26. The first-order valence-electron chi connectivity index (χ1n) is 21.1. The Labute approximate surface area is 365 Å². The lowest BCUT2D eigenvalue weighted by atomic mass is 10.0. The van der Waals surface area contributed by atoms with Crippen LogP contribution in [0.3, 0.4) is 0 Å². The molecule has 5 amide bonds. The fourth-order valence-electron chi connectivity index (χ4n) is 6.10. The molecule has 14 nitrogen and oxygen atoms in total. The molecule has 0 spiro atoms. The third-order valence-electron chi connectivity index (χ3n) is 9.30. The topological polar surface area (TPSA) is 174 Å². The largest absolute Gasteiger partial charge is 0.445 e. The number of carbonyl (C=O) groups is 5. The molecule has 4 aromatic rings. The van der Waals surface area contributed by atoms with E-state index in [0.717, 1.165) is 34.2 Å². The minimum atomic E-state index is -0.904. The molecule has 332 valence electrons. The van der Waals surface area contributed by atoms with Crippen LogP contribution in [-0.2, 0) is 56.4 Å². The Balaban J connectivity index is 1.22. The van der Waals surface area contributed by atoms with Crippen LogP contribution in [0.15, 0.2) is 115 Å². The van der Waals surface area contributed by atoms with E-state index < -0.39 is 36.0 Å². The van der Waals surface area contributed by atoms with E-state index in [-0.39, 0.29) is 32.1 Å². The maximum absolute atomic E-state index is 13.5. The number of hydrogen-bond acceptors (Lipinski definition) is 9. The minimum absolute atomic E-state index is 0.121. The van der Waals surface area contributed by atoms with E-state index in [1.54, 1.807) is 25.7 Å². The van der Waals surface area contributed by atoms with Crippen molar-refractivity contribution in [3.63, 3.8) is 0 Å². The summed E-state index contributed by atoms with van der Waals surface area (Å²) in [5, 5.41) is 11.2. The highest BCUT2D eigenvalue weighted by Crippen LogP contribution is 2.12. The number of nitrogens with one attached hydrogen (secondary N) is 4. The smallest absolute Gasteiger partial charge is 0.410 e. The Kier molecular flexibility index (Phi) is 20.6. The predicted octanol–water partition coefficient (Wildman–Crippen LogP) is 7.83.